The van der Waals surface area contributed by atoms with E-state index in [2.05, 4.69) is 30.4 Å². The third-order valence-corrected chi connectivity index (χ3v) is 5.22. The van der Waals surface area contributed by atoms with Crippen LogP contribution in [-0.4, -0.2) is 36.4 Å². The molecule has 0 atom stereocenters. The monoisotopic (exact) mass is 498 g/mol. The first-order valence-electron chi connectivity index (χ1n) is 11.6. The van der Waals surface area contributed by atoms with Crippen LogP contribution in [0.25, 0.3) is 0 Å². The molecule has 0 unspecified atom stereocenters. The van der Waals surface area contributed by atoms with Gasteiger partial charge in [0.2, 0.25) is 0 Å². The number of para-hydroxylation sites is 1. The Balaban J connectivity index is 1.35. The fraction of sp³-hybridized carbons (Fsp3) is 0.308. The molecule has 36 heavy (non-hydrogen) atoms. The highest BCUT2D eigenvalue weighted by Gasteiger charge is 2.43. The molecule has 0 radical (unpaired) electrons. The highest BCUT2D eigenvalue weighted by Crippen LogP contribution is 2.42. The topological polar surface area (TPSA) is 93.7 Å². The van der Waals surface area contributed by atoms with E-state index < -0.39 is 12.2 Å². The van der Waals surface area contributed by atoms with Crippen molar-refractivity contribution in [3.63, 3.8) is 0 Å². The zero-order chi connectivity index (χ0) is 25.5. The number of alkyl halides is 2. The molecule has 8 nitrogen and oxygen atoms in total. The van der Waals surface area contributed by atoms with Crippen molar-refractivity contribution < 1.29 is 27.8 Å². The smallest absolute Gasteiger partial charge is 0.395 e. The summed E-state index contributed by atoms with van der Waals surface area (Å²) in [6.07, 6.45) is -0.901. The van der Waals surface area contributed by atoms with E-state index in [1.807, 2.05) is 32.0 Å². The number of carbonyl (C=O) groups excluding carboxylic acids is 1. The Morgan fingerprint density at radius 3 is 2.69 bits per heavy atom. The van der Waals surface area contributed by atoms with Gasteiger partial charge in [0.05, 0.1) is 11.7 Å². The number of rotatable bonds is 11. The lowest BCUT2D eigenvalue weighted by molar-refractivity contribution is -0.286. The number of benzene rings is 2. The molecule has 3 N–H and O–H groups in total. The molecule has 1 aliphatic rings. The second kappa shape index (κ2) is 11.2. The number of aromatic nitrogens is 1. The predicted octanol–water partition coefficient (Wildman–Crippen LogP) is 5.49. The van der Waals surface area contributed by atoms with Gasteiger partial charge >= 0.3 is 6.29 Å². The van der Waals surface area contributed by atoms with E-state index >= 15 is 0 Å². The third-order valence-electron chi connectivity index (χ3n) is 5.22. The molecule has 2 aromatic carbocycles. The normalized spacial score (nSPS) is 13.5. The van der Waals surface area contributed by atoms with Crippen molar-refractivity contribution in [1.29, 1.82) is 0 Å². The summed E-state index contributed by atoms with van der Waals surface area (Å²) in [6, 6.07) is 15.0. The molecule has 1 aliphatic heterocycles. The van der Waals surface area contributed by atoms with Crippen LogP contribution in [0.4, 0.5) is 26.0 Å². The minimum absolute atomic E-state index is 0.0878. The molecule has 190 valence electrons. The van der Waals surface area contributed by atoms with Gasteiger partial charge in [0.1, 0.15) is 5.82 Å². The van der Waals surface area contributed by atoms with E-state index in [9.17, 15) is 13.6 Å². The standard InChI is InChI=1S/C26H28F2N4O4/c1-17(2)34-13-5-11-29-24-14-18(10-12-30-24)16-31-21-7-4-3-6-20(21)25(33)32-19-8-9-22-23(15-19)36-26(27,28)35-22/h3-4,6-10,12,14-15,17,31H,5,11,13,16H2,1-2H3,(H,29,30)(H,32,33). The van der Waals surface area contributed by atoms with E-state index in [0.29, 0.717) is 30.1 Å². The summed E-state index contributed by atoms with van der Waals surface area (Å²) in [6.45, 7) is 5.92. The number of amides is 1. The maximum atomic E-state index is 13.3. The first-order valence-corrected chi connectivity index (χ1v) is 11.6. The van der Waals surface area contributed by atoms with E-state index in [1.165, 1.54) is 18.2 Å². The lowest BCUT2D eigenvalue weighted by Gasteiger charge is -2.13. The summed E-state index contributed by atoms with van der Waals surface area (Å²) in [7, 11) is 0. The van der Waals surface area contributed by atoms with Gasteiger partial charge in [-0.3, -0.25) is 4.79 Å². The molecule has 1 amide bonds. The molecule has 4 rings (SSSR count). The summed E-state index contributed by atoms with van der Waals surface area (Å²) in [4.78, 5) is 17.3. The average Bonchev–Trinajstić information content (AvgIpc) is 3.16. The summed E-state index contributed by atoms with van der Waals surface area (Å²) in [5.41, 5.74) is 2.31. The number of carbonyl (C=O) groups is 1. The number of hydrogen-bond donors (Lipinski definition) is 3. The number of hydrogen-bond acceptors (Lipinski definition) is 7. The summed E-state index contributed by atoms with van der Waals surface area (Å²) >= 11 is 0. The van der Waals surface area contributed by atoms with Crippen LogP contribution in [0.15, 0.2) is 60.8 Å². The molecule has 0 saturated carbocycles. The molecule has 0 aliphatic carbocycles. The van der Waals surface area contributed by atoms with Gasteiger partial charge in [-0.15, -0.1) is 8.78 Å². The second-order valence-electron chi connectivity index (χ2n) is 8.43. The van der Waals surface area contributed by atoms with Gasteiger partial charge in [-0.25, -0.2) is 4.98 Å². The Morgan fingerprint density at radius 2 is 1.86 bits per heavy atom. The quantitative estimate of drug-likeness (QED) is 0.301. The molecule has 1 aromatic heterocycles. The van der Waals surface area contributed by atoms with Gasteiger partial charge < -0.3 is 30.2 Å². The molecule has 2 heterocycles. The van der Waals surface area contributed by atoms with Crippen molar-refractivity contribution in [2.75, 3.05) is 29.1 Å². The highest BCUT2D eigenvalue weighted by molar-refractivity contribution is 6.08. The van der Waals surface area contributed by atoms with Gasteiger partial charge in [0, 0.05) is 43.3 Å². The van der Waals surface area contributed by atoms with Crippen LogP contribution in [-0.2, 0) is 11.3 Å². The van der Waals surface area contributed by atoms with E-state index in [0.717, 1.165) is 24.3 Å². The van der Waals surface area contributed by atoms with Crippen LogP contribution in [0.2, 0.25) is 0 Å². The minimum Gasteiger partial charge on any atom is -0.395 e. The fourth-order valence-electron chi connectivity index (χ4n) is 3.55. The van der Waals surface area contributed by atoms with Crippen molar-refractivity contribution >= 4 is 23.1 Å². The van der Waals surface area contributed by atoms with Gasteiger partial charge in [0.15, 0.2) is 11.5 Å². The van der Waals surface area contributed by atoms with Crippen molar-refractivity contribution in [2.45, 2.75) is 39.2 Å². The number of ether oxygens (including phenoxy) is 3. The highest BCUT2D eigenvalue weighted by atomic mass is 19.3. The molecule has 0 bridgehead atoms. The molecular weight excluding hydrogens is 470 g/mol. The largest absolute Gasteiger partial charge is 0.586 e. The van der Waals surface area contributed by atoms with Crippen LogP contribution >= 0.6 is 0 Å². The van der Waals surface area contributed by atoms with Gasteiger partial charge in [-0.1, -0.05) is 12.1 Å². The van der Waals surface area contributed by atoms with Crippen LogP contribution in [0, 0.1) is 0 Å². The number of halogens is 2. The number of nitrogens with zero attached hydrogens (tertiary/aromatic N) is 1. The average molecular weight is 499 g/mol. The Kier molecular flexibility index (Phi) is 7.84. The maximum Gasteiger partial charge on any atom is 0.586 e. The van der Waals surface area contributed by atoms with Gasteiger partial charge in [-0.2, -0.15) is 0 Å². The van der Waals surface area contributed by atoms with Crippen LogP contribution in [0.1, 0.15) is 36.2 Å². The molecule has 10 heteroatoms. The Labute approximate surface area is 208 Å². The van der Waals surface area contributed by atoms with Crippen molar-refractivity contribution in [1.82, 2.24) is 4.98 Å². The third kappa shape index (κ3) is 6.82. The lowest BCUT2D eigenvalue weighted by Crippen LogP contribution is -2.25. The van der Waals surface area contributed by atoms with Crippen LogP contribution < -0.4 is 25.4 Å². The summed E-state index contributed by atoms with van der Waals surface area (Å²) in [5.74, 6) is 0.136. The molecule has 0 fully saturated rings. The first-order chi connectivity index (χ1) is 17.3. The second-order valence-corrected chi connectivity index (χ2v) is 8.43. The van der Waals surface area contributed by atoms with Gasteiger partial charge in [0.25, 0.3) is 5.91 Å². The lowest BCUT2D eigenvalue weighted by atomic mass is 10.1. The van der Waals surface area contributed by atoms with Crippen molar-refractivity contribution in [3.05, 3.63) is 71.9 Å². The van der Waals surface area contributed by atoms with Crippen LogP contribution in [0.3, 0.4) is 0 Å². The van der Waals surface area contributed by atoms with Crippen molar-refractivity contribution in [2.24, 2.45) is 0 Å². The zero-order valence-electron chi connectivity index (χ0n) is 20.0. The zero-order valence-corrected chi connectivity index (χ0v) is 20.0. The molecule has 0 spiro atoms. The van der Waals surface area contributed by atoms with Gasteiger partial charge in [-0.05, 0) is 62.2 Å². The van der Waals surface area contributed by atoms with E-state index in [4.69, 9.17) is 4.74 Å². The number of pyridine rings is 1. The number of fused-ring (bicyclic) bond motifs is 1. The maximum absolute atomic E-state index is 13.3. The van der Waals surface area contributed by atoms with E-state index in [1.54, 1.807) is 24.4 Å². The molecular formula is C26H28F2N4O4. The fourth-order valence-corrected chi connectivity index (χ4v) is 3.55. The summed E-state index contributed by atoms with van der Waals surface area (Å²) in [5, 5.41) is 9.29. The molecule has 0 saturated heterocycles. The Bertz CT molecular complexity index is 1210. The Morgan fingerprint density at radius 1 is 1.06 bits per heavy atom. The minimum atomic E-state index is -3.72. The molecule has 3 aromatic rings. The van der Waals surface area contributed by atoms with Crippen LogP contribution in [0.5, 0.6) is 11.5 Å². The summed E-state index contributed by atoms with van der Waals surface area (Å²) < 4.78 is 40.9. The predicted molar refractivity (Wildman–Crippen MR) is 133 cm³/mol. The number of anilines is 3. The SMILES string of the molecule is CC(C)OCCCNc1cc(CNc2ccccc2C(=O)Nc2ccc3c(c2)OC(F)(F)O3)ccn1. The first kappa shape index (κ1) is 25.2. The van der Waals surface area contributed by atoms with Crippen molar-refractivity contribution in [3.8, 4) is 11.5 Å². The van der Waals surface area contributed by atoms with E-state index in [-0.39, 0.29) is 17.6 Å². The Hall–Kier alpha value is -3.92. The number of nitrogens with one attached hydrogen (secondary N) is 3.